The van der Waals surface area contributed by atoms with E-state index in [0.29, 0.717) is 29.4 Å². The molecule has 34 heavy (non-hydrogen) atoms. The van der Waals surface area contributed by atoms with Crippen molar-refractivity contribution in [2.45, 2.75) is 32.5 Å². The Morgan fingerprint density at radius 3 is 2.56 bits per heavy atom. The molecular formula is C25H27N5O2S2. The number of hydrogen-bond acceptors (Lipinski definition) is 7. The molecule has 0 bridgehead atoms. The van der Waals surface area contributed by atoms with Gasteiger partial charge in [0.15, 0.2) is 16.1 Å². The maximum absolute atomic E-state index is 12.5. The van der Waals surface area contributed by atoms with E-state index in [0.717, 1.165) is 28.4 Å². The van der Waals surface area contributed by atoms with Gasteiger partial charge in [-0.25, -0.2) is 4.98 Å². The normalized spacial score (nSPS) is 11.1. The third-order valence-corrected chi connectivity index (χ3v) is 6.61. The Hall–Kier alpha value is -3.17. The summed E-state index contributed by atoms with van der Waals surface area (Å²) >= 11 is 2.78. The van der Waals surface area contributed by atoms with Crippen LogP contribution in [-0.4, -0.2) is 38.0 Å². The van der Waals surface area contributed by atoms with Crippen LogP contribution in [0.5, 0.6) is 5.75 Å². The summed E-state index contributed by atoms with van der Waals surface area (Å²) in [4.78, 5) is 17.0. The van der Waals surface area contributed by atoms with Crippen molar-refractivity contribution in [3.05, 3.63) is 60.0 Å². The van der Waals surface area contributed by atoms with Crippen LogP contribution in [0.1, 0.15) is 20.8 Å². The summed E-state index contributed by atoms with van der Waals surface area (Å²) in [5.74, 6) is 2.18. The molecule has 7 nitrogen and oxygen atoms in total. The topological polar surface area (TPSA) is 81.9 Å². The van der Waals surface area contributed by atoms with Crippen LogP contribution in [0.3, 0.4) is 0 Å². The molecule has 0 saturated carbocycles. The van der Waals surface area contributed by atoms with E-state index in [9.17, 15) is 4.79 Å². The van der Waals surface area contributed by atoms with Crippen LogP contribution < -0.4 is 10.1 Å². The molecule has 9 heteroatoms. The molecule has 0 spiro atoms. The first-order valence-electron chi connectivity index (χ1n) is 11.1. The zero-order valence-electron chi connectivity index (χ0n) is 19.4. The highest BCUT2D eigenvalue weighted by Gasteiger charge is 2.16. The van der Waals surface area contributed by atoms with Crippen LogP contribution in [0.4, 0.5) is 5.13 Å². The lowest BCUT2D eigenvalue weighted by Crippen LogP contribution is -2.14. The van der Waals surface area contributed by atoms with Gasteiger partial charge in [-0.2, -0.15) is 0 Å². The maximum Gasteiger partial charge on any atom is 0.236 e. The highest BCUT2D eigenvalue weighted by molar-refractivity contribution is 7.99. The standard InChI is InChI=1S/C25H27N5O2S2/c1-4-30-23(19-10-12-20(13-11-19)32-14-17(2)3)28-29-25(30)34-16-22(31)27-24-26-21(15-33-24)18-8-6-5-7-9-18/h5-13,15,17H,4,14,16H2,1-3H3,(H,26,27,31). The number of rotatable bonds is 10. The monoisotopic (exact) mass is 493 g/mol. The first-order chi connectivity index (χ1) is 16.5. The van der Waals surface area contributed by atoms with Gasteiger partial charge in [-0.15, -0.1) is 21.5 Å². The predicted molar refractivity (Wildman–Crippen MR) is 138 cm³/mol. The molecule has 0 radical (unpaired) electrons. The number of thiazole rings is 1. The summed E-state index contributed by atoms with van der Waals surface area (Å²) in [6.45, 7) is 7.66. The third-order valence-electron chi connectivity index (χ3n) is 4.88. The summed E-state index contributed by atoms with van der Waals surface area (Å²) in [5.41, 5.74) is 2.83. The van der Waals surface area contributed by atoms with Gasteiger partial charge < -0.3 is 14.6 Å². The van der Waals surface area contributed by atoms with Gasteiger partial charge in [0.2, 0.25) is 5.91 Å². The van der Waals surface area contributed by atoms with Crippen LogP contribution in [0, 0.1) is 5.92 Å². The zero-order valence-corrected chi connectivity index (χ0v) is 21.0. The Kier molecular flexibility index (Phi) is 7.97. The quantitative estimate of drug-likeness (QED) is 0.279. The van der Waals surface area contributed by atoms with E-state index in [1.54, 1.807) is 0 Å². The molecule has 0 aliphatic carbocycles. The largest absolute Gasteiger partial charge is 0.493 e. The minimum absolute atomic E-state index is 0.127. The Bertz CT molecular complexity index is 1220. The highest BCUT2D eigenvalue weighted by Crippen LogP contribution is 2.27. The van der Waals surface area contributed by atoms with Gasteiger partial charge >= 0.3 is 0 Å². The van der Waals surface area contributed by atoms with Gasteiger partial charge in [0.05, 0.1) is 18.1 Å². The molecule has 0 saturated heterocycles. The molecule has 0 atom stereocenters. The number of aromatic nitrogens is 4. The van der Waals surface area contributed by atoms with Gasteiger partial charge in [-0.1, -0.05) is 55.9 Å². The van der Waals surface area contributed by atoms with Crippen molar-refractivity contribution in [2.75, 3.05) is 17.7 Å². The van der Waals surface area contributed by atoms with Crippen molar-refractivity contribution in [1.82, 2.24) is 19.7 Å². The van der Waals surface area contributed by atoms with Crippen LogP contribution in [0.15, 0.2) is 65.1 Å². The third kappa shape index (κ3) is 6.03. The second-order valence-electron chi connectivity index (χ2n) is 8.02. The number of ether oxygens (including phenoxy) is 1. The lowest BCUT2D eigenvalue weighted by Gasteiger charge is -2.10. The molecule has 1 amide bonds. The number of hydrogen-bond donors (Lipinski definition) is 1. The smallest absolute Gasteiger partial charge is 0.236 e. The molecule has 2 aromatic heterocycles. The summed E-state index contributed by atoms with van der Waals surface area (Å²) in [6.07, 6.45) is 0. The molecule has 0 aliphatic rings. The van der Waals surface area contributed by atoms with E-state index in [1.165, 1.54) is 23.1 Å². The average molecular weight is 494 g/mol. The minimum Gasteiger partial charge on any atom is -0.493 e. The number of amides is 1. The fraction of sp³-hybridized carbons (Fsp3) is 0.280. The SMILES string of the molecule is CCn1c(SCC(=O)Nc2nc(-c3ccccc3)cs2)nnc1-c1ccc(OCC(C)C)cc1. The van der Waals surface area contributed by atoms with Crippen LogP contribution in [0.25, 0.3) is 22.6 Å². The van der Waals surface area contributed by atoms with Crippen molar-refractivity contribution in [3.8, 4) is 28.4 Å². The molecular weight excluding hydrogens is 466 g/mol. The fourth-order valence-corrected chi connectivity index (χ4v) is 4.75. The Balaban J connectivity index is 1.36. The molecule has 0 unspecified atom stereocenters. The average Bonchev–Trinajstić information content (AvgIpc) is 3.49. The molecule has 4 rings (SSSR count). The van der Waals surface area contributed by atoms with Crippen LogP contribution in [-0.2, 0) is 11.3 Å². The Labute approximate surface area is 207 Å². The second kappa shape index (κ2) is 11.3. The van der Waals surface area contributed by atoms with Crippen molar-refractivity contribution in [3.63, 3.8) is 0 Å². The summed E-state index contributed by atoms with van der Waals surface area (Å²) < 4.78 is 7.78. The van der Waals surface area contributed by atoms with Gasteiger partial charge in [-0.3, -0.25) is 4.79 Å². The summed E-state index contributed by atoms with van der Waals surface area (Å²) in [6, 6.07) is 17.8. The predicted octanol–water partition coefficient (Wildman–Crippen LogP) is 5.85. The van der Waals surface area contributed by atoms with E-state index in [1.807, 2.05) is 71.5 Å². The molecule has 176 valence electrons. The number of nitrogens with zero attached hydrogens (tertiary/aromatic N) is 4. The van der Waals surface area contributed by atoms with E-state index in [-0.39, 0.29) is 11.7 Å². The zero-order chi connectivity index (χ0) is 23.9. The molecule has 2 aromatic carbocycles. The maximum atomic E-state index is 12.5. The fourth-order valence-electron chi connectivity index (χ4n) is 3.22. The lowest BCUT2D eigenvalue weighted by atomic mass is 10.2. The summed E-state index contributed by atoms with van der Waals surface area (Å²) in [7, 11) is 0. The van der Waals surface area contributed by atoms with Gasteiger partial charge in [0, 0.05) is 23.1 Å². The number of carbonyl (C=O) groups excluding carboxylic acids is 1. The van der Waals surface area contributed by atoms with Crippen molar-refractivity contribution in [1.29, 1.82) is 0 Å². The lowest BCUT2D eigenvalue weighted by molar-refractivity contribution is -0.113. The number of anilines is 1. The number of nitrogens with one attached hydrogen (secondary N) is 1. The van der Waals surface area contributed by atoms with E-state index >= 15 is 0 Å². The first kappa shape index (κ1) is 24.0. The summed E-state index contributed by atoms with van der Waals surface area (Å²) in [5, 5.41) is 14.8. The van der Waals surface area contributed by atoms with Crippen molar-refractivity contribution < 1.29 is 9.53 Å². The molecule has 2 heterocycles. The van der Waals surface area contributed by atoms with Crippen LogP contribution in [0.2, 0.25) is 0 Å². The Morgan fingerprint density at radius 1 is 1.09 bits per heavy atom. The van der Waals surface area contributed by atoms with Crippen molar-refractivity contribution >= 4 is 34.1 Å². The van der Waals surface area contributed by atoms with Gasteiger partial charge in [0.1, 0.15) is 5.75 Å². The van der Waals surface area contributed by atoms with E-state index in [4.69, 9.17) is 4.74 Å². The van der Waals surface area contributed by atoms with E-state index < -0.39 is 0 Å². The van der Waals surface area contributed by atoms with Crippen molar-refractivity contribution in [2.24, 2.45) is 5.92 Å². The van der Waals surface area contributed by atoms with E-state index in [2.05, 4.69) is 34.3 Å². The number of carbonyl (C=O) groups is 1. The molecule has 0 fully saturated rings. The first-order valence-corrected chi connectivity index (χ1v) is 13.0. The molecule has 1 N–H and O–H groups in total. The van der Waals surface area contributed by atoms with Crippen LogP contribution >= 0.6 is 23.1 Å². The number of benzene rings is 2. The minimum atomic E-state index is -0.127. The second-order valence-corrected chi connectivity index (χ2v) is 9.82. The highest BCUT2D eigenvalue weighted by atomic mass is 32.2. The molecule has 0 aliphatic heterocycles. The number of thioether (sulfide) groups is 1. The van der Waals surface area contributed by atoms with Gasteiger partial charge in [0.25, 0.3) is 0 Å². The molecule has 4 aromatic rings. The van der Waals surface area contributed by atoms with Gasteiger partial charge in [-0.05, 0) is 37.1 Å². The Morgan fingerprint density at radius 2 is 1.85 bits per heavy atom.